The third kappa shape index (κ3) is 3.47. The molecule has 1 saturated heterocycles. The van der Waals surface area contributed by atoms with Crippen molar-refractivity contribution in [2.75, 3.05) is 6.54 Å². The molecule has 6 heteroatoms. The van der Waals surface area contributed by atoms with E-state index in [2.05, 4.69) is 6.92 Å². The standard InChI is InChI=1S/C16H21FN2O2S/c1-11-6-12(2)13(3)19(9-11)22(20,21)10-14-4-5-16(17)7-15(14)8-18/h4-5,7,11-13H,6,9-10H2,1-3H3. The molecule has 4 nitrogen and oxygen atoms in total. The first-order chi connectivity index (χ1) is 10.2. The van der Waals surface area contributed by atoms with Crippen LogP contribution in [0, 0.1) is 29.0 Å². The molecular formula is C16H21FN2O2S. The second kappa shape index (κ2) is 6.35. The Morgan fingerprint density at radius 1 is 1.36 bits per heavy atom. The maximum atomic E-state index is 13.2. The minimum Gasteiger partial charge on any atom is -0.212 e. The molecule has 2 rings (SSSR count). The fourth-order valence-corrected chi connectivity index (χ4v) is 5.09. The molecule has 1 aliphatic heterocycles. The van der Waals surface area contributed by atoms with Gasteiger partial charge in [-0.3, -0.25) is 0 Å². The fourth-order valence-electron chi connectivity index (χ4n) is 3.09. The Morgan fingerprint density at radius 3 is 2.68 bits per heavy atom. The molecule has 0 radical (unpaired) electrons. The number of nitrogens with zero attached hydrogens (tertiary/aromatic N) is 2. The highest BCUT2D eigenvalue weighted by molar-refractivity contribution is 7.88. The first-order valence-corrected chi connectivity index (χ1v) is 9.03. The maximum absolute atomic E-state index is 13.2. The Kier molecular flexibility index (Phi) is 4.88. The number of benzene rings is 1. The minimum atomic E-state index is -3.54. The fraction of sp³-hybridized carbons (Fsp3) is 0.562. The molecule has 0 spiro atoms. The van der Waals surface area contributed by atoms with Gasteiger partial charge in [0.1, 0.15) is 5.82 Å². The highest BCUT2D eigenvalue weighted by Gasteiger charge is 2.36. The maximum Gasteiger partial charge on any atom is 0.218 e. The number of hydrogen-bond acceptors (Lipinski definition) is 3. The van der Waals surface area contributed by atoms with Crippen LogP contribution in [0.3, 0.4) is 0 Å². The summed E-state index contributed by atoms with van der Waals surface area (Å²) in [5.74, 6) is -0.196. The normalized spacial score (nSPS) is 26.6. The van der Waals surface area contributed by atoms with Gasteiger partial charge < -0.3 is 0 Å². The molecule has 0 aliphatic carbocycles. The first kappa shape index (κ1) is 16.9. The van der Waals surface area contributed by atoms with E-state index in [1.54, 1.807) is 0 Å². The zero-order valence-electron chi connectivity index (χ0n) is 13.1. The van der Waals surface area contributed by atoms with Crippen molar-refractivity contribution in [2.45, 2.75) is 39.0 Å². The molecule has 1 fully saturated rings. The van der Waals surface area contributed by atoms with Gasteiger partial charge in [0.15, 0.2) is 0 Å². The molecule has 0 bridgehead atoms. The number of hydrogen-bond donors (Lipinski definition) is 0. The number of sulfonamides is 1. The van der Waals surface area contributed by atoms with Crippen molar-refractivity contribution in [2.24, 2.45) is 11.8 Å². The summed E-state index contributed by atoms with van der Waals surface area (Å²) in [5.41, 5.74) is 0.427. The Morgan fingerprint density at radius 2 is 2.05 bits per heavy atom. The Bertz CT molecular complexity index is 697. The Balaban J connectivity index is 2.30. The van der Waals surface area contributed by atoms with Gasteiger partial charge in [-0.2, -0.15) is 9.57 Å². The van der Waals surface area contributed by atoms with E-state index < -0.39 is 15.8 Å². The average Bonchev–Trinajstić information content (AvgIpc) is 2.44. The lowest BCUT2D eigenvalue weighted by molar-refractivity contribution is 0.157. The number of nitriles is 1. The van der Waals surface area contributed by atoms with Crippen molar-refractivity contribution in [1.82, 2.24) is 4.31 Å². The molecule has 22 heavy (non-hydrogen) atoms. The van der Waals surface area contributed by atoms with Crippen LogP contribution in [0.25, 0.3) is 0 Å². The third-order valence-electron chi connectivity index (χ3n) is 4.43. The van der Waals surface area contributed by atoms with Crippen LogP contribution in [0.15, 0.2) is 18.2 Å². The molecule has 0 aromatic heterocycles. The van der Waals surface area contributed by atoms with Gasteiger partial charge >= 0.3 is 0 Å². The van der Waals surface area contributed by atoms with Crippen LogP contribution in [0.2, 0.25) is 0 Å². The summed E-state index contributed by atoms with van der Waals surface area (Å²) in [6.07, 6.45) is 1.01. The van der Waals surface area contributed by atoms with Gasteiger partial charge in [0.05, 0.1) is 17.4 Å². The summed E-state index contributed by atoms with van der Waals surface area (Å²) in [7, 11) is -3.54. The zero-order chi connectivity index (χ0) is 16.5. The van der Waals surface area contributed by atoms with E-state index in [0.29, 0.717) is 23.9 Å². The summed E-state index contributed by atoms with van der Waals surface area (Å²) >= 11 is 0. The highest BCUT2D eigenvalue weighted by atomic mass is 32.2. The lowest BCUT2D eigenvalue weighted by Crippen LogP contribution is -2.49. The molecule has 3 unspecified atom stereocenters. The van der Waals surface area contributed by atoms with E-state index in [9.17, 15) is 12.8 Å². The molecule has 3 atom stereocenters. The number of rotatable bonds is 3. The minimum absolute atomic E-state index is 0.0628. The van der Waals surface area contributed by atoms with Crippen molar-refractivity contribution < 1.29 is 12.8 Å². The largest absolute Gasteiger partial charge is 0.218 e. The van der Waals surface area contributed by atoms with Crippen molar-refractivity contribution in [3.8, 4) is 6.07 Å². The lowest BCUT2D eigenvalue weighted by atomic mass is 9.88. The van der Waals surface area contributed by atoms with Gasteiger partial charge in [-0.15, -0.1) is 0 Å². The third-order valence-corrected chi connectivity index (χ3v) is 6.30. The average molecular weight is 324 g/mol. The quantitative estimate of drug-likeness (QED) is 0.859. The van der Waals surface area contributed by atoms with Crippen LogP contribution in [0.5, 0.6) is 0 Å². The topological polar surface area (TPSA) is 61.2 Å². The Hall–Kier alpha value is -1.45. The Labute approximate surface area is 131 Å². The second-order valence-electron chi connectivity index (χ2n) is 6.30. The van der Waals surface area contributed by atoms with Crippen LogP contribution in [-0.2, 0) is 15.8 Å². The van der Waals surface area contributed by atoms with Gasteiger partial charge in [0, 0.05) is 12.6 Å². The van der Waals surface area contributed by atoms with E-state index in [1.807, 2.05) is 19.9 Å². The van der Waals surface area contributed by atoms with Crippen LogP contribution in [0.4, 0.5) is 4.39 Å². The predicted octanol–water partition coefficient (Wildman–Crippen LogP) is 2.89. The van der Waals surface area contributed by atoms with E-state index in [4.69, 9.17) is 5.26 Å². The van der Waals surface area contributed by atoms with Crippen molar-refractivity contribution in [3.05, 3.63) is 35.1 Å². The zero-order valence-corrected chi connectivity index (χ0v) is 13.9. The molecular weight excluding hydrogens is 303 g/mol. The van der Waals surface area contributed by atoms with Gasteiger partial charge in [0.2, 0.25) is 10.0 Å². The summed E-state index contributed by atoms with van der Waals surface area (Å²) in [6.45, 7) is 6.52. The van der Waals surface area contributed by atoms with Crippen molar-refractivity contribution in [3.63, 3.8) is 0 Å². The van der Waals surface area contributed by atoms with E-state index in [1.165, 1.54) is 16.4 Å². The lowest BCUT2D eigenvalue weighted by Gasteiger charge is -2.40. The van der Waals surface area contributed by atoms with Crippen LogP contribution >= 0.6 is 0 Å². The number of halogens is 1. The molecule has 1 heterocycles. The van der Waals surface area contributed by atoms with Gasteiger partial charge in [-0.25, -0.2) is 12.8 Å². The second-order valence-corrected chi connectivity index (χ2v) is 8.22. The van der Waals surface area contributed by atoms with Gasteiger partial charge in [-0.05, 0) is 42.9 Å². The van der Waals surface area contributed by atoms with Crippen molar-refractivity contribution in [1.29, 1.82) is 5.26 Å². The van der Waals surface area contributed by atoms with Gasteiger partial charge in [0.25, 0.3) is 0 Å². The summed E-state index contributed by atoms with van der Waals surface area (Å²) in [6, 6.07) is 5.46. The summed E-state index contributed by atoms with van der Waals surface area (Å²) in [4.78, 5) is 0. The molecule has 1 aliphatic rings. The molecule has 0 amide bonds. The first-order valence-electron chi connectivity index (χ1n) is 7.42. The predicted molar refractivity (Wildman–Crippen MR) is 82.9 cm³/mol. The molecule has 0 N–H and O–H groups in total. The summed E-state index contributed by atoms with van der Waals surface area (Å²) in [5, 5.41) is 9.06. The molecule has 120 valence electrons. The number of piperidine rings is 1. The van der Waals surface area contributed by atoms with Crippen LogP contribution < -0.4 is 0 Å². The van der Waals surface area contributed by atoms with E-state index >= 15 is 0 Å². The SMILES string of the molecule is CC1CC(C)C(C)N(S(=O)(=O)Cc2ccc(F)cc2C#N)C1. The van der Waals surface area contributed by atoms with Crippen LogP contribution in [0.1, 0.15) is 38.3 Å². The molecule has 0 saturated carbocycles. The molecule has 1 aromatic rings. The summed E-state index contributed by atoms with van der Waals surface area (Å²) < 4.78 is 40.2. The van der Waals surface area contributed by atoms with Gasteiger partial charge in [-0.1, -0.05) is 19.9 Å². The van der Waals surface area contributed by atoms with Crippen LogP contribution in [-0.4, -0.2) is 25.3 Å². The van der Waals surface area contributed by atoms with E-state index in [0.717, 1.165) is 12.5 Å². The molecule has 1 aromatic carbocycles. The van der Waals surface area contributed by atoms with E-state index in [-0.39, 0.29) is 17.4 Å². The van der Waals surface area contributed by atoms with Crippen molar-refractivity contribution >= 4 is 10.0 Å². The monoisotopic (exact) mass is 324 g/mol. The smallest absolute Gasteiger partial charge is 0.212 e. The highest BCUT2D eigenvalue weighted by Crippen LogP contribution is 2.30.